The topological polar surface area (TPSA) is 87.5 Å². The van der Waals surface area contributed by atoms with Gasteiger partial charge in [-0.1, -0.05) is 6.42 Å². The molecule has 1 saturated carbocycles. The third kappa shape index (κ3) is 4.91. The van der Waals surface area contributed by atoms with Gasteiger partial charge in [0.15, 0.2) is 0 Å². The van der Waals surface area contributed by atoms with Crippen molar-refractivity contribution < 1.29 is 9.59 Å². The molecular formula is C12H24N4O2. The van der Waals surface area contributed by atoms with E-state index in [0.717, 1.165) is 25.7 Å². The molecule has 2 atom stereocenters. The highest BCUT2D eigenvalue weighted by atomic mass is 16.2. The lowest BCUT2D eigenvalue weighted by molar-refractivity contribution is -0.126. The van der Waals surface area contributed by atoms with Crippen molar-refractivity contribution in [3.8, 4) is 0 Å². The van der Waals surface area contributed by atoms with Gasteiger partial charge in [-0.25, -0.2) is 4.79 Å². The summed E-state index contributed by atoms with van der Waals surface area (Å²) in [6, 6.07) is 0.00637. The lowest BCUT2D eigenvalue weighted by Crippen LogP contribution is -2.42. The fourth-order valence-corrected chi connectivity index (χ4v) is 2.12. The highest BCUT2D eigenvalue weighted by Crippen LogP contribution is 2.22. The maximum absolute atomic E-state index is 11.8. The summed E-state index contributed by atoms with van der Waals surface area (Å²) in [6.07, 6.45) is 3.73. The second-order valence-corrected chi connectivity index (χ2v) is 5.04. The van der Waals surface area contributed by atoms with Gasteiger partial charge >= 0.3 is 6.03 Å². The summed E-state index contributed by atoms with van der Waals surface area (Å²) >= 11 is 0. The van der Waals surface area contributed by atoms with E-state index < -0.39 is 0 Å². The van der Waals surface area contributed by atoms with Crippen LogP contribution in [-0.2, 0) is 4.79 Å². The van der Waals surface area contributed by atoms with Crippen LogP contribution in [0.25, 0.3) is 0 Å². The fourth-order valence-electron chi connectivity index (χ4n) is 2.12. The van der Waals surface area contributed by atoms with Crippen molar-refractivity contribution in [3.05, 3.63) is 0 Å². The van der Waals surface area contributed by atoms with Gasteiger partial charge in [0.1, 0.15) is 0 Å². The van der Waals surface area contributed by atoms with Gasteiger partial charge < -0.3 is 21.3 Å². The van der Waals surface area contributed by atoms with Gasteiger partial charge in [-0.3, -0.25) is 4.79 Å². The average molecular weight is 256 g/mol. The molecule has 0 aliphatic heterocycles. The maximum Gasteiger partial charge on any atom is 0.316 e. The Labute approximate surface area is 108 Å². The van der Waals surface area contributed by atoms with Gasteiger partial charge in [0.25, 0.3) is 0 Å². The molecule has 104 valence electrons. The molecule has 18 heavy (non-hydrogen) atoms. The monoisotopic (exact) mass is 256 g/mol. The van der Waals surface area contributed by atoms with Crippen LogP contribution in [0.1, 0.15) is 25.7 Å². The minimum absolute atomic E-state index is 0.0401. The number of nitrogens with two attached hydrogens (primary N) is 1. The molecule has 2 unspecified atom stereocenters. The molecule has 1 aliphatic rings. The Kier molecular flexibility index (Phi) is 5.91. The van der Waals surface area contributed by atoms with Crippen LogP contribution < -0.4 is 16.4 Å². The van der Waals surface area contributed by atoms with Crippen molar-refractivity contribution in [2.45, 2.75) is 31.7 Å². The molecule has 0 aromatic carbocycles. The van der Waals surface area contributed by atoms with E-state index in [2.05, 4.69) is 10.6 Å². The smallest absolute Gasteiger partial charge is 0.316 e. The second-order valence-electron chi connectivity index (χ2n) is 5.04. The highest BCUT2D eigenvalue weighted by molar-refractivity contribution is 5.79. The molecule has 3 amide bonds. The Hall–Kier alpha value is -1.30. The second kappa shape index (κ2) is 7.20. The van der Waals surface area contributed by atoms with Crippen LogP contribution in [0.5, 0.6) is 0 Å². The quantitative estimate of drug-likeness (QED) is 0.613. The number of nitrogens with one attached hydrogen (secondary N) is 2. The van der Waals surface area contributed by atoms with E-state index in [1.165, 1.54) is 4.90 Å². The molecule has 1 aliphatic carbocycles. The Morgan fingerprint density at radius 1 is 1.22 bits per heavy atom. The Morgan fingerprint density at radius 2 is 1.89 bits per heavy atom. The SMILES string of the molecule is CN(C)C(=O)NCCNC(=O)C1CCCC(N)C1. The van der Waals surface area contributed by atoms with E-state index in [-0.39, 0.29) is 23.9 Å². The molecule has 0 saturated heterocycles. The van der Waals surface area contributed by atoms with Gasteiger partial charge in [-0.15, -0.1) is 0 Å². The van der Waals surface area contributed by atoms with E-state index in [1.54, 1.807) is 14.1 Å². The number of urea groups is 1. The molecule has 6 heteroatoms. The fraction of sp³-hybridized carbons (Fsp3) is 0.833. The summed E-state index contributed by atoms with van der Waals surface area (Å²) in [4.78, 5) is 24.5. The standard InChI is InChI=1S/C12H24N4O2/c1-16(2)12(18)15-7-6-14-11(17)9-4-3-5-10(13)8-9/h9-10H,3-8,13H2,1-2H3,(H,14,17)(H,15,18). The first-order chi connectivity index (χ1) is 8.50. The summed E-state index contributed by atoms with van der Waals surface area (Å²) in [5.74, 6) is 0.0996. The van der Waals surface area contributed by atoms with Crippen molar-refractivity contribution in [2.75, 3.05) is 27.2 Å². The van der Waals surface area contributed by atoms with Crippen molar-refractivity contribution in [1.82, 2.24) is 15.5 Å². The molecule has 1 rings (SSSR count). The molecule has 0 heterocycles. The number of amides is 3. The zero-order chi connectivity index (χ0) is 13.5. The van der Waals surface area contributed by atoms with E-state index in [4.69, 9.17) is 5.73 Å². The Bertz CT molecular complexity index is 294. The van der Waals surface area contributed by atoms with Crippen LogP contribution in [0, 0.1) is 5.92 Å². The van der Waals surface area contributed by atoms with Crippen molar-refractivity contribution >= 4 is 11.9 Å². The minimum Gasteiger partial charge on any atom is -0.354 e. The summed E-state index contributed by atoms with van der Waals surface area (Å²) < 4.78 is 0. The van der Waals surface area contributed by atoms with Crippen LogP contribution in [0.4, 0.5) is 4.79 Å². The van der Waals surface area contributed by atoms with E-state index in [1.807, 2.05) is 0 Å². The summed E-state index contributed by atoms with van der Waals surface area (Å²) in [5, 5.41) is 5.54. The van der Waals surface area contributed by atoms with E-state index in [0.29, 0.717) is 13.1 Å². The third-order valence-corrected chi connectivity index (χ3v) is 3.19. The Morgan fingerprint density at radius 3 is 2.50 bits per heavy atom. The summed E-state index contributed by atoms with van der Waals surface area (Å²) in [5.41, 5.74) is 5.85. The molecular weight excluding hydrogens is 232 g/mol. The van der Waals surface area contributed by atoms with Crippen LogP contribution in [0.3, 0.4) is 0 Å². The molecule has 0 aromatic heterocycles. The van der Waals surface area contributed by atoms with Crippen LogP contribution >= 0.6 is 0 Å². The van der Waals surface area contributed by atoms with Gasteiger partial charge in [0.05, 0.1) is 0 Å². The molecule has 6 nitrogen and oxygen atoms in total. The number of hydrogen-bond donors (Lipinski definition) is 3. The predicted molar refractivity (Wildman–Crippen MR) is 70.0 cm³/mol. The number of nitrogens with zero attached hydrogens (tertiary/aromatic N) is 1. The lowest BCUT2D eigenvalue weighted by Gasteiger charge is -2.25. The zero-order valence-electron chi connectivity index (χ0n) is 11.2. The first kappa shape index (κ1) is 14.8. The number of rotatable bonds is 4. The van der Waals surface area contributed by atoms with Gasteiger partial charge in [0.2, 0.25) is 5.91 Å². The normalized spacial score (nSPS) is 23.3. The van der Waals surface area contributed by atoms with Crippen molar-refractivity contribution in [2.24, 2.45) is 11.7 Å². The van der Waals surface area contributed by atoms with Crippen LogP contribution in [0.15, 0.2) is 0 Å². The highest BCUT2D eigenvalue weighted by Gasteiger charge is 2.24. The predicted octanol–water partition coefficient (Wildman–Crippen LogP) is -0.109. The lowest BCUT2D eigenvalue weighted by atomic mass is 9.85. The third-order valence-electron chi connectivity index (χ3n) is 3.19. The molecule has 0 bridgehead atoms. The summed E-state index contributed by atoms with van der Waals surface area (Å²) in [6.45, 7) is 0.908. The average Bonchev–Trinajstić information content (AvgIpc) is 2.33. The zero-order valence-corrected chi connectivity index (χ0v) is 11.2. The number of carbonyl (C=O) groups is 2. The number of hydrogen-bond acceptors (Lipinski definition) is 3. The molecule has 4 N–H and O–H groups in total. The number of carbonyl (C=O) groups excluding carboxylic acids is 2. The molecule has 0 aromatic rings. The van der Waals surface area contributed by atoms with E-state index in [9.17, 15) is 9.59 Å². The molecule has 1 fully saturated rings. The van der Waals surface area contributed by atoms with Crippen LogP contribution in [-0.4, -0.2) is 50.1 Å². The molecule has 0 radical (unpaired) electrons. The molecule has 0 spiro atoms. The van der Waals surface area contributed by atoms with Crippen molar-refractivity contribution in [1.29, 1.82) is 0 Å². The van der Waals surface area contributed by atoms with Gasteiger partial charge in [-0.05, 0) is 19.3 Å². The largest absolute Gasteiger partial charge is 0.354 e. The first-order valence-electron chi connectivity index (χ1n) is 6.49. The Balaban J connectivity index is 2.15. The van der Waals surface area contributed by atoms with Crippen LogP contribution in [0.2, 0.25) is 0 Å². The minimum atomic E-state index is -0.149. The summed E-state index contributed by atoms with van der Waals surface area (Å²) in [7, 11) is 3.36. The van der Waals surface area contributed by atoms with Crippen molar-refractivity contribution in [3.63, 3.8) is 0 Å². The van der Waals surface area contributed by atoms with Gasteiger partial charge in [-0.2, -0.15) is 0 Å². The van der Waals surface area contributed by atoms with E-state index >= 15 is 0 Å². The van der Waals surface area contributed by atoms with Gasteiger partial charge in [0, 0.05) is 39.1 Å². The maximum atomic E-state index is 11.8. The first-order valence-corrected chi connectivity index (χ1v) is 6.49.